The summed E-state index contributed by atoms with van der Waals surface area (Å²) in [6, 6.07) is 6.85. The SMILES string of the molecule is NC1(c2noc(CNC(=O)C3c4ccccc4C(=O)N3C3CC3)n2)CCC1. The molecule has 8 heteroatoms. The highest BCUT2D eigenvalue weighted by Crippen LogP contribution is 2.42. The first-order chi connectivity index (χ1) is 13.1. The molecule has 1 aromatic heterocycles. The number of nitrogens with zero attached hydrogens (tertiary/aromatic N) is 3. The van der Waals surface area contributed by atoms with Crippen LogP contribution in [0.1, 0.15) is 65.8 Å². The Morgan fingerprint density at radius 3 is 2.81 bits per heavy atom. The second-order valence-electron chi connectivity index (χ2n) is 7.67. The molecule has 0 bridgehead atoms. The zero-order valence-electron chi connectivity index (χ0n) is 14.9. The quantitative estimate of drug-likeness (QED) is 0.825. The second-order valence-corrected chi connectivity index (χ2v) is 7.67. The minimum absolute atomic E-state index is 0.0663. The third kappa shape index (κ3) is 2.63. The first-order valence-corrected chi connectivity index (χ1v) is 9.38. The maximum atomic E-state index is 12.9. The normalized spacial score (nSPS) is 23.1. The number of benzene rings is 1. The predicted molar refractivity (Wildman–Crippen MR) is 94.2 cm³/mol. The highest BCUT2D eigenvalue weighted by atomic mass is 16.5. The lowest BCUT2D eigenvalue weighted by Crippen LogP contribution is -2.44. The van der Waals surface area contributed by atoms with E-state index in [-0.39, 0.29) is 24.4 Å². The number of nitrogens with two attached hydrogens (primary N) is 1. The molecule has 140 valence electrons. The largest absolute Gasteiger partial charge is 0.345 e. The summed E-state index contributed by atoms with van der Waals surface area (Å²) in [5.41, 5.74) is 7.08. The summed E-state index contributed by atoms with van der Waals surface area (Å²) >= 11 is 0. The van der Waals surface area contributed by atoms with Gasteiger partial charge in [0.2, 0.25) is 11.8 Å². The molecule has 3 aliphatic rings. The molecule has 1 unspecified atom stereocenters. The Hall–Kier alpha value is -2.74. The summed E-state index contributed by atoms with van der Waals surface area (Å²) < 4.78 is 5.24. The van der Waals surface area contributed by atoms with Gasteiger partial charge in [-0.25, -0.2) is 0 Å². The van der Waals surface area contributed by atoms with Gasteiger partial charge in [-0.1, -0.05) is 23.4 Å². The van der Waals surface area contributed by atoms with Gasteiger partial charge in [-0.2, -0.15) is 4.98 Å². The van der Waals surface area contributed by atoms with Gasteiger partial charge >= 0.3 is 0 Å². The first kappa shape index (κ1) is 16.4. The van der Waals surface area contributed by atoms with Crippen molar-refractivity contribution in [1.82, 2.24) is 20.4 Å². The molecule has 0 spiro atoms. The number of rotatable bonds is 5. The fourth-order valence-corrected chi connectivity index (χ4v) is 3.90. The third-order valence-corrected chi connectivity index (χ3v) is 5.76. The van der Waals surface area contributed by atoms with Crippen molar-refractivity contribution in [2.45, 2.75) is 56.3 Å². The Labute approximate surface area is 156 Å². The van der Waals surface area contributed by atoms with E-state index in [9.17, 15) is 9.59 Å². The molecule has 2 aromatic rings. The van der Waals surface area contributed by atoms with E-state index in [0.717, 1.165) is 37.7 Å². The van der Waals surface area contributed by atoms with Gasteiger partial charge in [0.1, 0.15) is 6.04 Å². The monoisotopic (exact) mass is 367 g/mol. The van der Waals surface area contributed by atoms with Crippen LogP contribution in [0.4, 0.5) is 0 Å². The van der Waals surface area contributed by atoms with Gasteiger partial charge in [-0.05, 0) is 43.7 Å². The summed E-state index contributed by atoms with van der Waals surface area (Å²) in [6.07, 6.45) is 4.62. The molecule has 1 aliphatic heterocycles. The molecule has 1 aromatic carbocycles. The summed E-state index contributed by atoms with van der Waals surface area (Å²) in [6.45, 7) is 0.118. The van der Waals surface area contributed by atoms with Crippen LogP contribution in [0.15, 0.2) is 28.8 Å². The lowest BCUT2D eigenvalue weighted by molar-refractivity contribution is -0.126. The van der Waals surface area contributed by atoms with E-state index in [1.54, 1.807) is 11.0 Å². The maximum Gasteiger partial charge on any atom is 0.255 e. The van der Waals surface area contributed by atoms with Crippen LogP contribution < -0.4 is 11.1 Å². The van der Waals surface area contributed by atoms with Crippen molar-refractivity contribution in [3.63, 3.8) is 0 Å². The van der Waals surface area contributed by atoms with E-state index in [0.29, 0.717) is 17.3 Å². The van der Waals surface area contributed by atoms with Crippen molar-refractivity contribution in [3.05, 3.63) is 47.1 Å². The van der Waals surface area contributed by atoms with E-state index >= 15 is 0 Å². The molecule has 2 amide bonds. The second kappa shape index (κ2) is 5.88. The Morgan fingerprint density at radius 2 is 2.11 bits per heavy atom. The van der Waals surface area contributed by atoms with Crippen molar-refractivity contribution in [2.24, 2.45) is 5.73 Å². The number of fused-ring (bicyclic) bond motifs is 1. The molecular formula is C19H21N5O3. The van der Waals surface area contributed by atoms with Gasteiger partial charge in [0, 0.05) is 11.6 Å². The van der Waals surface area contributed by atoms with E-state index < -0.39 is 11.6 Å². The highest BCUT2D eigenvalue weighted by Gasteiger charge is 2.47. The molecule has 1 atom stereocenters. The van der Waals surface area contributed by atoms with Crippen LogP contribution in [0, 0.1) is 0 Å². The van der Waals surface area contributed by atoms with Crippen LogP contribution in [0.5, 0.6) is 0 Å². The first-order valence-electron chi connectivity index (χ1n) is 9.38. The summed E-state index contributed by atoms with van der Waals surface area (Å²) in [5.74, 6) is 0.527. The molecule has 3 N–H and O–H groups in total. The fourth-order valence-electron chi connectivity index (χ4n) is 3.90. The Balaban J connectivity index is 1.32. The van der Waals surface area contributed by atoms with Crippen molar-refractivity contribution < 1.29 is 14.1 Å². The molecule has 2 aliphatic carbocycles. The van der Waals surface area contributed by atoms with Crippen LogP contribution >= 0.6 is 0 Å². The lowest BCUT2D eigenvalue weighted by atomic mass is 9.77. The fraction of sp³-hybridized carbons (Fsp3) is 0.474. The van der Waals surface area contributed by atoms with Gasteiger partial charge in [-0.15, -0.1) is 0 Å². The van der Waals surface area contributed by atoms with Gasteiger partial charge in [0.15, 0.2) is 5.82 Å². The van der Waals surface area contributed by atoms with Gasteiger partial charge in [0.05, 0.1) is 12.1 Å². The number of aromatic nitrogens is 2. The molecule has 2 fully saturated rings. The smallest absolute Gasteiger partial charge is 0.255 e. The summed E-state index contributed by atoms with van der Waals surface area (Å²) in [5, 5.41) is 6.81. The topological polar surface area (TPSA) is 114 Å². The number of carbonyl (C=O) groups is 2. The Bertz CT molecular complexity index is 916. The molecule has 2 saturated carbocycles. The number of amides is 2. The maximum absolute atomic E-state index is 12.9. The molecule has 8 nitrogen and oxygen atoms in total. The number of hydrogen-bond donors (Lipinski definition) is 2. The number of nitrogens with one attached hydrogen (secondary N) is 1. The van der Waals surface area contributed by atoms with Gasteiger partial charge in [-0.3, -0.25) is 9.59 Å². The van der Waals surface area contributed by atoms with Gasteiger partial charge < -0.3 is 20.5 Å². The number of carbonyl (C=O) groups excluding carboxylic acids is 2. The van der Waals surface area contributed by atoms with Crippen LogP contribution in [0.3, 0.4) is 0 Å². The average Bonchev–Trinajstić information content (AvgIpc) is 3.29. The van der Waals surface area contributed by atoms with Crippen LogP contribution in [-0.4, -0.2) is 32.9 Å². The molecule has 5 rings (SSSR count). The zero-order chi connectivity index (χ0) is 18.6. The molecule has 2 heterocycles. The van der Waals surface area contributed by atoms with E-state index in [1.165, 1.54) is 0 Å². The standard InChI is InChI=1S/C19H21N5O3/c20-19(8-3-9-19)18-22-14(27-23-18)10-21-16(25)15-12-4-1-2-5-13(12)17(26)24(15)11-6-7-11/h1-2,4-5,11,15H,3,6-10,20H2,(H,21,25). The van der Waals surface area contributed by atoms with E-state index in [4.69, 9.17) is 10.3 Å². The minimum atomic E-state index is -0.601. The third-order valence-electron chi connectivity index (χ3n) is 5.76. The van der Waals surface area contributed by atoms with Crippen LogP contribution in [-0.2, 0) is 16.9 Å². The predicted octanol–water partition coefficient (Wildman–Crippen LogP) is 1.38. The van der Waals surface area contributed by atoms with Crippen molar-refractivity contribution in [1.29, 1.82) is 0 Å². The van der Waals surface area contributed by atoms with Crippen molar-refractivity contribution >= 4 is 11.8 Å². The van der Waals surface area contributed by atoms with E-state index in [2.05, 4.69) is 15.5 Å². The Morgan fingerprint density at radius 1 is 1.33 bits per heavy atom. The number of hydrogen-bond acceptors (Lipinski definition) is 6. The van der Waals surface area contributed by atoms with Crippen LogP contribution in [0.25, 0.3) is 0 Å². The van der Waals surface area contributed by atoms with Gasteiger partial charge in [0.25, 0.3) is 5.91 Å². The minimum Gasteiger partial charge on any atom is -0.345 e. The van der Waals surface area contributed by atoms with Crippen molar-refractivity contribution in [3.8, 4) is 0 Å². The summed E-state index contributed by atoms with van der Waals surface area (Å²) in [4.78, 5) is 31.7. The molecular weight excluding hydrogens is 346 g/mol. The highest BCUT2D eigenvalue weighted by molar-refractivity contribution is 6.05. The van der Waals surface area contributed by atoms with E-state index in [1.807, 2.05) is 18.2 Å². The zero-order valence-corrected chi connectivity index (χ0v) is 14.9. The molecule has 0 radical (unpaired) electrons. The Kier molecular flexibility index (Phi) is 3.58. The van der Waals surface area contributed by atoms with Crippen LogP contribution in [0.2, 0.25) is 0 Å². The molecule has 27 heavy (non-hydrogen) atoms. The van der Waals surface area contributed by atoms with Crippen molar-refractivity contribution in [2.75, 3.05) is 0 Å². The summed E-state index contributed by atoms with van der Waals surface area (Å²) in [7, 11) is 0. The molecule has 0 saturated heterocycles. The lowest BCUT2D eigenvalue weighted by Gasteiger charge is -2.34. The average molecular weight is 367 g/mol.